The van der Waals surface area contributed by atoms with E-state index in [0.29, 0.717) is 6.42 Å². The summed E-state index contributed by atoms with van der Waals surface area (Å²) in [5, 5.41) is 0. The largest absolute Gasteiger partial charge is 0.465 e. The molecule has 18 heavy (non-hydrogen) atoms. The SMILES string of the molecule is COC(=O)C1=CCCN(C(=O)OC(C)(C)C)C1=O. The number of nitrogens with zero attached hydrogens (tertiary/aromatic N) is 1. The first-order valence-corrected chi connectivity index (χ1v) is 5.59. The van der Waals surface area contributed by atoms with Gasteiger partial charge in [0.1, 0.15) is 11.2 Å². The molecule has 6 nitrogen and oxygen atoms in total. The molecule has 100 valence electrons. The van der Waals surface area contributed by atoms with Crippen LogP contribution in [0.1, 0.15) is 27.2 Å². The van der Waals surface area contributed by atoms with Crippen molar-refractivity contribution in [1.82, 2.24) is 4.90 Å². The summed E-state index contributed by atoms with van der Waals surface area (Å²) in [5.74, 6) is -1.42. The number of amides is 2. The van der Waals surface area contributed by atoms with Crippen LogP contribution in [0.25, 0.3) is 0 Å². The smallest absolute Gasteiger partial charge is 0.417 e. The van der Waals surface area contributed by atoms with E-state index < -0.39 is 23.6 Å². The Morgan fingerprint density at radius 3 is 2.44 bits per heavy atom. The van der Waals surface area contributed by atoms with Crippen LogP contribution in [0, 0.1) is 0 Å². The summed E-state index contributed by atoms with van der Waals surface area (Å²) in [6.45, 7) is 5.32. The van der Waals surface area contributed by atoms with E-state index in [0.717, 1.165) is 4.90 Å². The second-order valence-electron chi connectivity index (χ2n) is 4.84. The van der Waals surface area contributed by atoms with E-state index in [1.54, 1.807) is 20.8 Å². The highest BCUT2D eigenvalue weighted by Gasteiger charge is 2.34. The maximum atomic E-state index is 11.9. The van der Waals surface area contributed by atoms with Crippen LogP contribution >= 0.6 is 0 Å². The van der Waals surface area contributed by atoms with Gasteiger partial charge in [-0.1, -0.05) is 6.08 Å². The van der Waals surface area contributed by atoms with Crippen LogP contribution in [0.5, 0.6) is 0 Å². The average molecular weight is 255 g/mol. The Bertz CT molecular complexity index is 405. The van der Waals surface area contributed by atoms with E-state index in [2.05, 4.69) is 4.74 Å². The quantitative estimate of drug-likeness (QED) is 0.521. The standard InChI is InChI=1S/C12H17NO5/c1-12(2,3)18-11(16)13-7-5-6-8(9(13)14)10(15)17-4/h6H,5,7H2,1-4H3. The van der Waals surface area contributed by atoms with Gasteiger partial charge in [-0.15, -0.1) is 0 Å². The first-order chi connectivity index (χ1) is 8.26. The van der Waals surface area contributed by atoms with Gasteiger partial charge in [0.25, 0.3) is 5.91 Å². The van der Waals surface area contributed by atoms with Gasteiger partial charge >= 0.3 is 12.1 Å². The van der Waals surface area contributed by atoms with Crippen molar-refractivity contribution in [2.45, 2.75) is 32.8 Å². The molecule has 6 heteroatoms. The molecule has 0 aromatic heterocycles. The highest BCUT2D eigenvalue weighted by atomic mass is 16.6. The third-order valence-corrected chi connectivity index (χ3v) is 2.20. The van der Waals surface area contributed by atoms with Gasteiger partial charge in [-0.3, -0.25) is 4.79 Å². The van der Waals surface area contributed by atoms with Crippen LogP contribution < -0.4 is 0 Å². The Hall–Kier alpha value is -1.85. The molecule has 0 bridgehead atoms. The maximum absolute atomic E-state index is 11.9. The number of esters is 1. The van der Waals surface area contributed by atoms with E-state index in [4.69, 9.17) is 4.74 Å². The van der Waals surface area contributed by atoms with Crippen molar-refractivity contribution in [1.29, 1.82) is 0 Å². The van der Waals surface area contributed by atoms with Crippen molar-refractivity contribution in [2.75, 3.05) is 13.7 Å². The van der Waals surface area contributed by atoms with E-state index >= 15 is 0 Å². The third-order valence-electron chi connectivity index (χ3n) is 2.20. The molecule has 0 radical (unpaired) electrons. The lowest BCUT2D eigenvalue weighted by Crippen LogP contribution is -2.44. The van der Waals surface area contributed by atoms with E-state index in [9.17, 15) is 14.4 Å². The molecule has 0 aromatic carbocycles. The van der Waals surface area contributed by atoms with Gasteiger partial charge in [-0.25, -0.2) is 14.5 Å². The Balaban J connectivity index is 2.82. The number of ether oxygens (including phenoxy) is 2. The predicted octanol–water partition coefficient (Wildman–Crippen LogP) is 1.25. The molecule has 2 amide bonds. The molecule has 1 rings (SSSR count). The summed E-state index contributed by atoms with van der Waals surface area (Å²) in [6, 6.07) is 0. The lowest BCUT2D eigenvalue weighted by Gasteiger charge is -2.28. The maximum Gasteiger partial charge on any atom is 0.417 e. The number of imide groups is 1. The van der Waals surface area contributed by atoms with Gasteiger partial charge in [0.2, 0.25) is 0 Å². The fraction of sp³-hybridized carbons (Fsp3) is 0.583. The van der Waals surface area contributed by atoms with Crippen LogP contribution in [0.2, 0.25) is 0 Å². The number of rotatable bonds is 1. The number of methoxy groups -OCH3 is 1. The minimum Gasteiger partial charge on any atom is -0.465 e. The first-order valence-electron chi connectivity index (χ1n) is 5.59. The van der Waals surface area contributed by atoms with E-state index in [1.807, 2.05) is 0 Å². The van der Waals surface area contributed by atoms with Crippen molar-refractivity contribution in [2.24, 2.45) is 0 Å². The van der Waals surface area contributed by atoms with Gasteiger partial charge in [0, 0.05) is 6.54 Å². The lowest BCUT2D eigenvalue weighted by molar-refractivity contribution is -0.140. The fourth-order valence-corrected chi connectivity index (χ4v) is 1.44. The topological polar surface area (TPSA) is 72.9 Å². The van der Waals surface area contributed by atoms with Crippen molar-refractivity contribution < 1.29 is 23.9 Å². The summed E-state index contributed by atoms with van der Waals surface area (Å²) in [6.07, 6.45) is 1.13. The van der Waals surface area contributed by atoms with Gasteiger partial charge in [-0.05, 0) is 27.2 Å². The normalized spacial score (nSPS) is 16.1. The molecule has 0 saturated heterocycles. The zero-order chi connectivity index (χ0) is 13.9. The van der Waals surface area contributed by atoms with Gasteiger partial charge in [0.05, 0.1) is 7.11 Å². The Morgan fingerprint density at radius 2 is 1.94 bits per heavy atom. The minimum atomic E-state index is -0.748. The van der Waals surface area contributed by atoms with Crippen molar-refractivity contribution in [3.8, 4) is 0 Å². The molecule has 0 spiro atoms. The molecule has 0 aromatic rings. The second-order valence-corrected chi connectivity index (χ2v) is 4.84. The molecule has 0 saturated carbocycles. The molecule has 0 atom stereocenters. The van der Waals surface area contributed by atoms with Crippen molar-refractivity contribution in [3.05, 3.63) is 11.6 Å². The monoisotopic (exact) mass is 255 g/mol. The van der Waals surface area contributed by atoms with Crippen LogP contribution in [0.3, 0.4) is 0 Å². The summed E-state index contributed by atoms with van der Waals surface area (Å²) in [5.41, 5.74) is -0.821. The van der Waals surface area contributed by atoms with E-state index in [-0.39, 0.29) is 12.1 Å². The minimum absolute atomic E-state index is 0.130. The third kappa shape index (κ3) is 3.32. The van der Waals surface area contributed by atoms with Crippen LogP contribution in [0.4, 0.5) is 4.79 Å². The second kappa shape index (κ2) is 5.20. The Labute approximate surface area is 106 Å². The highest BCUT2D eigenvalue weighted by Crippen LogP contribution is 2.17. The number of carbonyl (C=O) groups is 3. The number of hydrogen-bond donors (Lipinski definition) is 0. The number of carbonyl (C=O) groups excluding carboxylic acids is 3. The van der Waals surface area contributed by atoms with Crippen molar-refractivity contribution >= 4 is 18.0 Å². The van der Waals surface area contributed by atoms with Gasteiger partial charge < -0.3 is 9.47 Å². The van der Waals surface area contributed by atoms with Gasteiger partial charge in [-0.2, -0.15) is 0 Å². The zero-order valence-corrected chi connectivity index (χ0v) is 11.0. The Morgan fingerprint density at radius 1 is 1.33 bits per heavy atom. The van der Waals surface area contributed by atoms with E-state index in [1.165, 1.54) is 13.2 Å². The molecule has 0 unspecified atom stereocenters. The van der Waals surface area contributed by atoms with Gasteiger partial charge in [0.15, 0.2) is 0 Å². The fourth-order valence-electron chi connectivity index (χ4n) is 1.44. The van der Waals surface area contributed by atoms with Crippen molar-refractivity contribution in [3.63, 3.8) is 0 Å². The Kier molecular flexibility index (Phi) is 4.11. The highest BCUT2D eigenvalue weighted by molar-refractivity contribution is 6.19. The van der Waals surface area contributed by atoms with Crippen LogP contribution in [-0.4, -0.2) is 42.1 Å². The summed E-state index contributed by atoms with van der Waals surface area (Å²) in [4.78, 5) is 35.9. The molecule has 0 N–H and O–H groups in total. The lowest BCUT2D eigenvalue weighted by atomic mass is 10.1. The molecule has 1 heterocycles. The molecule has 0 aliphatic carbocycles. The molecule has 1 aliphatic rings. The number of hydrogen-bond acceptors (Lipinski definition) is 5. The van der Waals surface area contributed by atoms with Crippen LogP contribution in [-0.2, 0) is 19.1 Å². The summed E-state index contributed by atoms with van der Waals surface area (Å²) >= 11 is 0. The molecular weight excluding hydrogens is 238 g/mol. The molecule has 1 aliphatic heterocycles. The molecule has 0 fully saturated rings. The first kappa shape index (κ1) is 14.2. The zero-order valence-electron chi connectivity index (χ0n) is 11.0. The summed E-state index contributed by atoms with van der Waals surface area (Å²) < 4.78 is 9.58. The average Bonchev–Trinajstić information content (AvgIpc) is 2.26. The summed E-state index contributed by atoms with van der Waals surface area (Å²) in [7, 11) is 1.18. The predicted molar refractivity (Wildman–Crippen MR) is 62.7 cm³/mol. The molecular formula is C12H17NO5. The van der Waals surface area contributed by atoms with Crippen LogP contribution in [0.15, 0.2) is 11.6 Å².